The van der Waals surface area contributed by atoms with E-state index in [9.17, 15) is 4.79 Å². The minimum atomic E-state index is -0.0920. The lowest BCUT2D eigenvalue weighted by Crippen LogP contribution is -2.12. The maximum absolute atomic E-state index is 12.0. The molecule has 1 aromatic heterocycles. The number of nitrogens with zero attached hydrogens (tertiary/aromatic N) is 2. The minimum absolute atomic E-state index is 0.0920. The summed E-state index contributed by atoms with van der Waals surface area (Å²) in [6.45, 7) is 0. The Balaban J connectivity index is 1.48. The van der Waals surface area contributed by atoms with Crippen LogP contribution in [-0.4, -0.2) is 36.1 Å². The maximum Gasteiger partial charge on any atom is 0.276 e. The Bertz CT molecular complexity index is 896. The summed E-state index contributed by atoms with van der Waals surface area (Å²) < 4.78 is 15.9. The highest BCUT2D eigenvalue weighted by molar-refractivity contribution is 7.99. The minimum Gasteiger partial charge on any atom is -0.497 e. The first-order valence-corrected chi connectivity index (χ1v) is 9.21. The van der Waals surface area contributed by atoms with E-state index in [-0.39, 0.29) is 5.91 Å². The summed E-state index contributed by atoms with van der Waals surface area (Å²) in [6, 6.07) is 14.6. The Kier molecular flexibility index (Phi) is 6.32. The smallest absolute Gasteiger partial charge is 0.276 e. The molecule has 3 aromatic rings. The van der Waals surface area contributed by atoms with Gasteiger partial charge in [0.1, 0.15) is 11.5 Å². The van der Waals surface area contributed by atoms with Crippen molar-refractivity contribution in [3.05, 3.63) is 48.5 Å². The number of rotatable bonds is 8. The van der Waals surface area contributed by atoms with E-state index in [1.165, 1.54) is 11.8 Å². The van der Waals surface area contributed by atoms with Gasteiger partial charge in [0.15, 0.2) is 0 Å². The van der Waals surface area contributed by atoms with E-state index < -0.39 is 0 Å². The summed E-state index contributed by atoms with van der Waals surface area (Å²) in [6.07, 6.45) is 0.322. The molecule has 0 aliphatic rings. The number of anilines is 1. The summed E-state index contributed by atoms with van der Waals surface area (Å²) in [7, 11) is 3.20. The summed E-state index contributed by atoms with van der Waals surface area (Å²) in [5.74, 6) is 2.32. The number of ether oxygens (including phenoxy) is 2. The number of nitrogens with one attached hydrogen (secondary N) is 1. The number of hydrogen-bond acceptors (Lipinski definition) is 7. The maximum atomic E-state index is 12.0. The van der Waals surface area contributed by atoms with Crippen LogP contribution >= 0.6 is 11.8 Å². The number of aromatic nitrogens is 2. The average molecular weight is 385 g/mol. The molecule has 0 unspecified atom stereocenters. The Morgan fingerprint density at radius 3 is 2.59 bits per heavy atom. The molecule has 1 heterocycles. The number of hydrogen-bond donors (Lipinski definition) is 1. The fourth-order valence-corrected chi connectivity index (χ4v) is 2.97. The van der Waals surface area contributed by atoms with Crippen molar-refractivity contribution < 1.29 is 18.7 Å². The molecule has 7 nitrogen and oxygen atoms in total. The lowest BCUT2D eigenvalue weighted by molar-refractivity contribution is -0.115. The van der Waals surface area contributed by atoms with Crippen molar-refractivity contribution in [1.29, 1.82) is 0 Å². The normalized spacial score (nSPS) is 10.4. The predicted octanol–water partition coefficient (Wildman–Crippen LogP) is 3.87. The third-order valence-electron chi connectivity index (χ3n) is 3.65. The number of benzene rings is 2. The molecule has 8 heteroatoms. The lowest BCUT2D eigenvalue weighted by atomic mass is 10.2. The van der Waals surface area contributed by atoms with E-state index >= 15 is 0 Å². The average Bonchev–Trinajstić information content (AvgIpc) is 3.17. The van der Waals surface area contributed by atoms with Gasteiger partial charge in [0, 0.05) is 29.5 Å². The lowest BCUT2D eigenvalue weighted by Gasteiger charge is -2.06. The van der Waals surface area contributed by atoms with Crippen molar-refractivity contribution in [1.82, 2.24) is 10.2 Å². The van der Waals surface area contributed by atoms with Crippen LogP contribution in [0.4, 0.5) is 5.69 Å². The van der Waals surface area contributed by atoms with E-state index in [1.54, 1.807) is 20.3 Å². The zero-order valence-electron chi connectivity index (χ0n) is 15.0. The second-order valence-corrected chi connectivity index (χ2v) is 6.53. The molecule has 2 aromatic carbocycles. The van der Waals surface area contributed by atoms with Crippen LogP contribution in [0.5, 0.6) is 11.5 Å². The first kappa shape index (κ1) is 18.8. The molecule has 0 saturated heterocycles. The molecule has 0 spiro atoms. The molecule has 0 radical (unpaired) electrons. The molecule has 0 aliphatic carbocycles. The van der Waals surface area contributed by atoms with Crippen molar-refractivity contribution in [3.63, 3.8) is 0 Å². The van der Waals surface area contributed by atoms with Crippen LogP contribution in [0.25, 0.3) is 11.5 Å². The molecular formula is C19H19N3O4S. The topological polar surface area (TPSA) is 86.5 Å². The van der Waals surface area contributed by atoms with Gasteiger partial charge in [0.25, 0.3) is 5.22 Å². The molecule has 0 saturated carbocycles. The van der Waals surface area contributed by atoms with Gasteiger partial charge < -0.3 is 19.2 Å². The van der Waals surface area contributed by atoms with Gasteiger partial charge in [0.2, 0.25) is 11.8 Å². The largest absolute Gasteiger partial charge is 0.497 e. The fourth-order valence-electron chi connectivity index (χ4n) is 2.27. The van der Waals surface area contributed by atoms with Crippen molar-refractivity contribution in [2.45, 2.75) is 11.6 Å². The van der Waals surface area contributed by atoms with E-state index in [0.717, 1.165) is 11.3 Å². The second-order valence-electron chi connectivity index (χ2n) is 5.48. The molecule has 140 valence electrons. The van der Waals surface area contributed by atoms with Crippen molar-refractivity contribution in [2.75, 3.05) is 25.3 Å². The summed E-state index contributed by atoms with van der Waals surface area (Å²) >= 11 is 1.34. The number of thioether (sulfide) groups is 1. The zero-order chi connectivity index (χ0) is 19.1. The molecular weight excluding hydrogens is 366 g/mol. The van der Waals surface area contributed by atoms with E-state index in [4.69, 9.17) is 13.9 Å². The molecule has 1 amide bonds. The van der Waals surface area contributed by atoms with Crippen LogP contribution in [0.1, 0.15) is 6.42 Å². The molecule has 0 fully saturated rings. The summed E-state index contributed by atoms with van der Waals surface area (Å²) in [5.41, 5.74) is 1.51. The van der Waals surface area contributed by atoms with E-state index in [0.29, 0.717) is 34.7 Å². The van der Waals surface area contributed by atoms with Crippen LogP contribution in [0.3, 0.4) is 0 Å². The van der Waals surface area contributed by atoms with Gasteiger partial charge in [0.05, 0.1) is 14.2 Å². The molecule has 0 aliphatic heterocycles. The molecule has 0 bridgehead atoms. The highest BCUT2D eigenvalue weighted by Gasteiger charge is 2.10. The Morgan fingerprint density at radius 1 is 1.07 bits per heavy atom. The van der Waals surface area contributed by atoms with Gasteiger partial charge >= 0.3 is 0 Å². The van der Waals surface area contributed by atoms with Gasteiger partial charge in [-0.2, -0.15) is 0 Å². The zero-order valence-corrected chi connectivity index (χ0v) is 15.8. The number of methoxy groups -OCH3 is 2. The van der Waals surface area contributed by atoms with Gasteiger partial charge in [-0.05, 0) is 36.4 Å². The van der Waals surface area contributed by atoms with Gasteiger partial charge in [-0.15, -0.1) is 10.2 Å². The van der Waals surface area contributed by atoms with Crippen molar-refractivity contribution >= 4 is 23.4 Å². The number of amides is 1. The van der Waals surface area contributed by atoms with Crippen LogP contribution in [0.2, 0.25) is 0 Å². The quantitative estimate of drug-likeness (QED) is 0.589. The van der Waals surface area contributed by atoms with Crippen molar-refractivity contribution in [3.8, 4) is 23.0 Å². The molecule has 3 rings (SSSR count). The molecule has 1 N–H and O–H groups in total. The number of carbonyl (C=O) groups excluding carboxylic acids is 1. The Morgan fingerprint density at radius 2 is 1.85 bits per heavy atom. The highest BCUT2D eigenvalue weighted by atomic mass is 32.2. The highest BCUT2D eigenvalue weighted by Crippen LogP contribution is 2.25. The Labute approximate surface area is 161 Å². The van der Waals surface area contributed by atoms with Crippen LogP contribution in [0, 0.1) is 0 Å². The predicted molar refractivity (Wildman–Crippen MR) is 103 cm³/mol. The van der Waals surface area contributed by atoms with Crippen LogP contribution in [0.15, 0.2) is 58.2 Å². The van der Waals surface area contributed by atoms with Gasteiger partial charge in [-0.1, -0.05) is 17.8 Å². The van der Waals surface area contributed by atoms with Crippen LogP contribution < -0.4 is 14.8 Å². The van der Waals surface area contributed by atoms with Crippen LogP contribution in [-0.2, 0) is 4.79 Å². The fraction of sp³-hybridized carbons (Fsp3) is 0.211. The first-order valence-electron chi connectivity index (χ1n) is 8.22. The third-order valence-corrected chi connectivity index (χ3v) is 4.47. The summed E-state index contributed by atoms with van der Waals surface area (Å²) in [4.78, 5) is 12.0. The Hall–Kier alpha value is -3.00. The molecule has 0 atom stereocenters. The second kappa shape index (κ2) is 9.09. The third kappa shape index (κ3) is 5.24. The monoisotopic (exact) mass is 385 g/mol. The van der Waals surface area contributed by atoms with Gasteiger partial charge in [-0.25, -0.2) is 0 Å². The van der Waals surface area contributed by atoms with E-state index in [2.05, 4.69) is 15.5 Å². The summed E-state index contributed by atoms with van der Waals surface area (Å²) in [5, 5.41) is 11.3. The first-order chi connectivity index (χ1) is 13.2. The SMILES string of the molecule is COc1ccc(-c2nnc(SCCC(=O)Nc3cccc(OC)c3)o2)cc1. The standard InChI is InChI=1S/C19H19N3O4S/c1-24-15-8-6-13(7-9-15)18-21-22-19(26-18)27-11-10-17(23)20-14-4-3-5-16(12-14)25-2/h3-9,12H,10-11H2,1-2H3,(H,20,23). The number of carbonyl (C=O) groups is 1. The van der Waals surface area contributed by atoms with E-state index in [1.807, 2.05) is 42.5 Å². The van der Waals surface area contributed by atoms with Gasteiger partial charge in [-0.3, -0.25) is 4.79 Å². The molecule has 27 heavy (non-hydrogen) atoms. The van der Waals surface area contributed by atoms with Crippen molar-refractivity contribution in [2.24, 2.45) is 0 Å².